The summed E-state index contributed by atoms with van der Waals surface area (Å²) in [6.45, 7) is 5.09. The van der Waals surface area contributed by atoms with E-state index < -0.39 is 0 Å². The van der Waals surface area contributed by atoms with Gasteiger partial charge >= 0.3 is 0 Å². The summed E-state index contributed by atoms with van der Waals surface area (Å²) in [6.07, 6.45) is 18.5. The summed E-state index contributed by atoms with van der Waals surface area (Å²) >= 11 is 0. The van der Waals surface area contributed by atoms with Crippen LogP contribution in [0.15, 0.2) is 29.9 Å². The van der Waals surface area contributed by atoms with Gasteiger partial charge in [0, 0.05) is 34.5 Å². The van der Waals surface area contributed by atoms with Crippen LogP contribution in [0, 0.1) is 34.5 Å². The monoisotopic (exact) mass is 365 g/mol. The molecular formula is C22H31N5. The van der Waals surface area contributed by atoms with Crippen molar-refractivity contribution < 1.29 is 0 Å². The van der Waals surface area contributed by atoms with Crippen molar-refractivity contribution in [2.75, 3.05) is 0 Å². The van der Waals surface area contributed by atoms with Crippen LogP contribution in [0.1, 0.15) is 65.2 Å². The number of hydrogen-bond acceptors (Lipinski definition) is 2. The predicted octanol–water partition coefficient (Wildman–Crippen LogP) is 6.06. The molecule has 3 saturated carbocycles. The number of imidazole rings is 1. The van der Waals surface area contributed by atoms with E-state index in [1.807, 2.05) is 12.5 Å². The van der Waals surface area contributed by atoms with Gasteiger partial charge in [0.1, 0.15) is 0 Å². The van der Waals surface area contributed by atoms with E-state index in [0.717, 1.165) is 36.5 Å². The van der Waals surface area contributed by atoms with Gasteiger partial charge in [-0.15, -0.1) is 0 Å². The molecule has 4 aliphatic carbocycles. The van der Waals surface area contributed by atoms with E-state index >= 15 is 0 Å². The molecule has 0 bridgehead atoms. The lowest BCUT2D eigenvalue weighted by molar-refractivity contribution is -0.0986. The van der Waals surface area contributed by atoms with Crippen molar-refractivity contribution >= 4 is 5.70 Å². The second kappa shape index (κ2) is 6.13. The zero-order valence-corrected chi connectivity index (χ0v) is 16.6. The summed E-state index contributed by atoms with van der Waals surface area (Å²) in [5.41, 5.74) is 11.1. The molecule has 144 valence electrons. The molecule has 4 aliphatic rings. The summed E-state index contributed by atoms with van der Waals surface area (Å²) in [4.78, 5) is 7.39. The van der Waals surface area contributed by atoms with Gasteiger partial charge in [-0.05, 0) is 86.0 Å². The molecule has 1 heterocycles. The molecule has 1 aromatic rings. The average Bonchev–Trinajstić information content (AvgIpc) is 3.29. The van der Waals surface area contributed by atoms with Gasteiger partial charge in [0.2, 0.25) is 0 Å². The predicted molar refractivity (Wildman–Crippen MR) is 107 cm³/mol. The summed E-state index contributed by atoms with van der Waals surface area (Å²) in [6, 6.07) is 0.236. The molecule has 27 heavy (non-hydrogen) atoms. The van der Waals surface area contributed by atoms with Gasteiger partial charge in [-0.25, -0.2) is 4.98 Å². The van der Waals surface area contributed by atoms with Gasteiger partial charge < -0.3 is 4.57 Å². The lowest BCUT2D eigenvalue weighted by Crippen LogP contribution is -2.53. The van der Waals surface area contributed by atoms with E-state index in [0.29, 0.717) is 10.8 Å². The van der Waals surface area contributed by atoms with Crippen molar-refractivity contribution in [2.24, 2.45) is 39.6 Å². The molecule has 3 fully saturated rings. The number of rotatable bonds is 2. The number of fused-ring (bicyclic) bond motifs is 5. The van der Waals surface area contributed by atoms with Crippen LogP contribution in [0.2, 0.25) is 0 Å². The third-order valence-electron chi connectivity index (χ3n) is 9.18. The molecule has 0 aromatic carbocycles. The third-order valence-corrected chi connectivity index (χ3v) is 9.18. The van der Waals surface area contributed by atoms with E-state index in [4.69, 9.17) is 5.53 Å². The Hall–Kier alpha value is -1.74. The Morgan fingerprint density at radius 3 is 2.85 bits per heavy atom. The molecule has 7 atom stereocenters. The molecule has 5 rings (SSSR count). The van der Waals surface area contributed by atoms with E-state index in [1.165, 1.54) is 44.2 Å². The van der Waals surface area contributed by atoms with Crippen molar-refractivity contribution in [1.29, 1.82) is 0 Å². The van der Waals surface area contributed by atoms with Crippen molar-refractivity contribution in [3.8, 4) is 0 Å². The van der Waals surface area contributed by atoms with Crippen LogP contribution in [0.4, 0.5) is 0 Å². The molecule has 5 heteroatoms. The zero-order valence-electron chi connectivity index (χ0n) is 16.6. The molecule has 0 spiro atoms. The van der Waals surface area contributed by atoms with Crippen molar-refractivity contribution in [1.82, 2.24) is 9.55 Å². The number of nitrogens with zero attached hydrogens (tertiary/aromatic N) is 5. The quantitative estimate of drug-likeness (QED) is 0.357. The Labute approximate surface area is 161 Å². The van der Waals surface area contributed by atoms with E-state index in [9.17, 15) is 0 Å². The molecule has 5 nitrogen and oxygen atoms in total. The molecular weight excluding hydrogens is 334 g/mol. The van der Waals surface area contributed by atoms with Gasteiger partial charge in [0.05, 0.1) is 6.33 Å². The van der Waals surface area contributed by atoms with Gasteiger partial charge in [-0.1, -0.05) is 25.0 Å². The Kier molecular flexibility index (Phi) is 3.94. The second-order valence-electron chi connectivity index (χ2n) is 10.0. The van der Waals surface area contributed by atoms with Crippen molar-refractivity contribution in [3.63, 3.8) is 0 Å². The summed E-state index contributed by atoms with van der Waals surface area (Å²) in [5.74, 6) is 3.21. The van der Waals surface area contributed by atoms with Crippen LogP contribution in [0.3, 0.4) is 0 Å². The number of aromatic nitrogens is 2. The molecule has 0 radical (unpaired) electrons. The first-order valence-electron chi connectivity index (χ1n) is 10.8. The molecule has 0 saturated heterocycles. The lowest BCUT2D eigenvalue weighted by Gasteiger charge is -2.60. The van der Waals surface area contributed by atoms with E-state index in [-0.39, 0.29) is 6.04 Å². The fourth-order valence-corrected chi connectivity index (χ4v) is 7.76. The fraction of sp³-hybridized carbons (Fsp3) is 0.773. The first-order valence-corrected chi connectivity index (χ1v) is 10.8. The Balaban J connectivity index is 1.41. The Morgan fingerprint density at radius 1 is 1.19 bits per heavy atom. The van der Waals surface area contributed by atoms with Gasteiger partial charge in [-0.2, -0.15) is 0 Å². The van der Waals surface area contributed by atoms with Gasteiger partial charge in [0.25, 0.3) is 0 Å². The highest BCUT2D eigenvalue weighted by atomic mass is 15.1. The van der Waals surface area contributed by atoms with Crippen LogP contribution < -0.4 is 0 Å². The van der Waals surface area contributed by atoms with Crippen LogP contribution in [-0.2, 0) is 0 Å². The molecule has 1 unspecified atom stereocenters. The summed E-state index contributed by atoms with van der Waals surface area (Å²) in [7, 11) is 0. The molecule has 0 amide bonds. The highest BCUT2D eigenvalue weighted by molar-refractivity contribution is 5.56. The van der Waals surface area contributed by atoms with Crippen LogP contribution in [0.25, 0.3) is 16.1 Å². The Morgan fingerprint density at radius 2 is 2.07 bits per heavy atom. The smallest absolute Gasteiger partial charge is 0.0989 e. The lowest BCUT2D eigenvalue weighted by atomic mass is 9.45. The van der Waals surface area contributed by atoms with E-state index in [2.05, 4.69) is 45.7 Å². The number of azide groups is 1. The van der Waals surface area contributed by atoms with Crippen LogP contribution in [-0.4, -0.2) is 15.6 Å². The Bertz CT molecular complexity index is 792. The minimum Gasteiger partial charge on any atom is -0.310 e. The second-order valence-corrected chi connectivity index (χ2v) is 10.0. The zero-order chi connectivity index (χ0) is 18.6. The largest absolute Gasteiger partial charge is 0.310 e. The number of hydrogen-bond donors (Lipinski definition) is 0. The maximum atomic E-state index is 8.85. The fourth-order valence-electron chi connectivity index (χ4n) is 7.76. The molecule has 0 aliphatic heterocycles. The van der Waals surface area contributed by atoms with Crippen LogP contribution >= 0.6 is 0 Å². The third kappa shape index (κ3) is 2.44. The van der Waals surface area contributed by atoms with Crippen LogP contribution in [0.5, 0.6) is 0 Å². The highest BCUT2D eigenvalue weighted by Crippen LogP contribution is 2.66. The summed E-state index contributed by atoms with van der Waals surface area (Å²) in [5, 5.41) is 4.08. The minimum atomic E-state index is 0.236. The SMILES string of the molecule is C[C@]12CC[C@@H](N=[N+]=[N-])CC1CC[C@@H]1[C@@H]2CC[C@]2(C)C(n3ccnc3)=CC[C@@H]12. The first kappa shape index (κ1) is 17.4. The maximum Gasteiger partial charge on any atom is 0.0989 e. The normalized spacial score (nSPS) is 45.9. The highest BCUT2D eigenvalue weighted by Gasteiger charge is 2.58. The van der Waals surface area contributed by atoms with E-state index in [1.54, 1.807) is 0 Å². The maximum absolute atomic E-state index is 8.85. The average molecular weight is 366 g/mol. The summed E-state index contributed by atoms with van der Waals surface area (Å²) < 4.78 is 2.26. The molecule has 1 aromatic heterocycles. The van der Waals surface area contributed by atoms with Gasteiger partial charge in [0.15, 0.2) is 0 Å². The van der Waals surface area contributed by atoms with Crippen molar-refractivity contribution in [2.45, 2.75) is 71.3 Å². The molecule has 0 N–H and O–H groups in total. The van der Waals surface area contributed by atoms with Gasteiger partial charge in [-0.3, -0.25) is 0 Å². The minimum absolute atomic E-state index is 0.236. The number of allylic oxidation sites excluding steroid dienone is 2. The standard InChI is InChI=1S/C22H31N5/c1-21-9-7-16(25-26-23)13-15(21)3-4-17-18-5-6-20(27-12-11-24-14-27)22(18,2)10-8-19(17)21/h6,11-12,14-19H,3-5,7-10,13H2,1-2H3/t15?,16-,17+,18+,19+,21+,22+/m1/s1. The topological polar surface area (TPSA) is 66.6 Å². The van der Waals surface area contributed by atoms with Crippen molar-refractivity contribution in [3.05, 3.63) is 35.2 Å². The first-order chi connectivity index (χ1) is 13.1.